The molecule has 0 fully saturated rings. The van der Waals surface area contributed by atoms with Crippen molar-refractivity contribution in [2.45, 2.75) is 11.1 Å². The Kier molecular flexibility index (Phi) is 3.93. The van der Waals surface area contributed by atoms with Crippen molar-refractivity contribution in [1.29, 1.82) is 0 Å². The Morgan fingerprint density at radius 2 is 1.89 bits per heavy atom. The summed E-state index contributed by atoms with van der Waals surface area (Å²) in [6.07, 6.45) is 0. The fourth-order valence-corrected chi connectivity index (χ4v) is 4.10. The molecule has 1 aromatic heterocycles. The van der Waals surface area contributed by atoms with Crippen molar-refractivity contribution in [3.8, 4) is 0 Å². The van der Waals surface area contributed by atoms with Gasteiger partial charge in [-0.2, -0.15) is 0 Å². The van der Waals surface area contributed by atoms with E-state index in [0.29, 0.717) is 16.1 Å². The first kappa shape index (κ1) is 14.0. The van der Waals surface area contributed by atoms with Gasteiger partial charge in [0, 0.05) is 16.2 Å². The second kappa shape index (κ2) is 5.32. The van der Waals surface area contributed by atoms with Crippen molar-refractivity contribution in [2.75, 3.05) is 5.32 Å². The van der Waals surface area contributed by atoms with E-state index in [1.165, 1.54) is 0 Å². The van der Waals surface area contributed by atoms with E-state index in [4.69, 9.17) is 10.7 Å². The third kappa shape index (κ3) is 3.34. The van der Waals surface area contributed by atoms with Crippen LogP contribution in [0.3, 0.4) is 0 Å². The van der Waals surface area contributed by atoms with E-state index in [-0.39, 0.29) is 10.1 Å². The first-order chi connectivity index (χ1) is 8.88. The van der Waals surface area contributed by atoms with Crippen molar-refractivity contribution in [2.24, 2.45) is 0 Å². The van der Waals surface area contributed by atoms with Gasteiger partial charge in [0.25, 0.3) is 15.0 Å². The van der Waals surface area contributed by atoms with E-state index in [2.05, 4.69) is 5.32 Å². The first-order valence-corrected chi connectivity index (χ1v) is 8.42. The van der Waals surface area contributed by atoms with Gasteiger partial charge in [0.1, 0.15) is 4.21 Å². The summed E-state index contributed by atoms with van der Waals surface area (Å²) in [6, 6.07) is 10.3. The predicted octanol–water partition coefficient (Wildman–Crippen LogP) is 3.24. The summed E-state index contributed by atoms with van der Waals surface area (Å²) in [5.74, 6) is -0.291. The number of amides is 1. The molecule has 0 spiro atoms. The highest BCUT2D eigenvalue weighted by Crippen LogP contribution is 2.32. The zero-order chi connectivity index (χ0) is 14.0. The van der Waals surface area contributed by atoms with Gasteiger partial charge in [-0.1, -0.05) is 18.2 Å². The molecule has 19 heavy (non-hydrogen) atoms. The number of hydrogen-bond acceptors (Lipinski definition) is 4. The Morgan fingerprint density at radius 1 is 1.26 bits per heavy atom. The minimum absolute atomic E-state index is 0.0533. The number of hydrogen-bond donors (Lipinski definition) is 1. The second-order valence-corrected chi connectivity index (χ2v) is 7.65. The highest BCUT2D eigenvalue weighted by Gasteiger charge is 2.18. The lowest BCUT2D eigenvalue weighted by atomic mass is 10.2. The van der Waals surface area contributed by atoms with E-state index in [9.17, 15) is 13.2 Å². The number of thiophene rings is 1. The van der Waals surface area contributed by atoms with Gasteiger partial charge in [0.2, 0.25) is 0 Å². The molecule has 0 saturated carbocycles. The number of anilines is 1. The van der Waals surface area contributed by atoms with Crippen molar-refractivity contribution < 1.29 is 13.2 Å². The minimum Gasteiger partial charge on any atom is -0.314 e. The molecule has 2 aromatic rings. The SMILES string of the molecule is Cc1cc(NC(=O)c2ccccc2)sc1S(=O)(=O)Cl. The molecule has 2 rings (SSSR count). The molecule has 4 nitrogen and oxygen atoms in total. The summed E-state index contributed by atoms with van der Waals surface area (Å²) < 4.78 is 22.6. The van der Waals surface area contributed by atoms with Gasteiger partial charge < -0.3 is 5.32 Å². The van der Waals surface area contributed by atoms with Crippen molar-refractivity contribution in [3.05, 3.63) is 47.5 Å². The molecule has 7 heteroatoms. The predicted molar refractivity (Wildman–Crippen MR) is 76.5 cm³/mol. The van der Waals surface area contributed by atoms with Crippen molar-refractivity contribution >= 4 is 42.0 Å². The molecule has 0 unspecified atom stereocenters. The lowest BCUT2D eigenvalue weighted by Gasteiger charge is -2.01. The molecule has 0 aliphatic heterocycles. The summed E-state index contributed by atoms with van der Waals surface area (Å²) in [7, 11) is 1.53. The quantitative estimate of drug-likeness (QED) is 0.884. The van der Waals surface area contributed by atoms with Crippen LogP contribution in [0.2, 0.25) is 0 Å². The van der Waals surface area contributed by atoms with E-state index in [0.717, 1.165) is 11.3 Å². The topological polar surface area (TPSA) is 63.2 Å². The Morgan fingerprint density at radius 3 is 2.42 bits per heavy atom. The third-order valence-corrected chi connectivity index (χ3v) is 5.72. The van der Waals surface area contributed by atoms with Crippen molar-refractivity contribution in [1.82, 2.24) is 0 Å². The Labute approximate surface area is 119 Å². The van der Waals surface area contributed by atoms with E-state index < -0.39 is 9.05 Å². The lowest BCUT2D eigenvalue weighted by molar-refractivity contribution is 0.102. The van der Waals surface area contributed by atoms with Gasteiger partial charge in [-0.25, -0.2) is 8.42 Å². The largest absolute Gasteiger partial charge is 0.314 e. The summed E-state index contributed by atoms with van der Waals surface area (Å²) in [5.41, 5.74) is 1.02. The number of benzene rings is 1. The molecule has 0 aliphatic rings. The van der Waals surface area contributed by atoms with E-state index in [1.807, 2.05) is 6.07 Å². The molecule has 1 aromatic carbocycles. The Balaban J connectivity index is 2.24. The maximum Gasteiger partial charge on any atom is 0.271 e. The number of nitrogens with one attached hydrogen (secondary N) is 1. The molecule has 0 atom stereocenters. The molecule has 0 aliphatic carbocycles. The van der Waals surface area contributed by atoms with E-state index >= 15 is 0 Å². The van der Waals surface area contributed by atoms with Gasteiger partial charge in [0.15, 0.2) is 0 Å². The van der Waals surface area contributed by atoms with Gasteiger partial charge >= 0.3 is 0 Å². The average molecular weight is 316 g/mol. The molecule has 0 radical (unpaired) electrons. The number of rotatable bonds is 3. The summed E-state index contributed by atoms with van der Waals surface area (Å²) in [4.78, 5) is 11.9. The van der Waals surface area contributed by atoms with Crippen LogP contribution in [0.4, 0.5) is 5.00 Å². The maximum absolute atomic E-state index is 11.9. The van der Waals surface area contributed by atoms with Gasteiger partial charge in [0.05, 0.1) is 5.00 Å². The highest BCUT2D eigenvalue weighted by atomic mass is 35.7. The van der Waals surface area contributed by atoms with Crippen LogP contribution >= 0.6 is 22.0 Å². The van der Waals surface area contributed by atoms with Crippen LogP contribution in [-0.4, -0.2) is 14.3 Å². The van der Waals surface area contributed by atoms with Crippen LogP contribution in [0.25, 0.3) is 0 Å². The number of carbonyl (C=O) groups is 1. The van der Waals surface area contributed by atoms with Gasteiger partial charge in [-0.3, -0.25) is 4.79 Å². The van der Waals surface area contributed by atoms with Crippen LogP contribution in [0.1, 0.15) is 15.9 Å². The van der Waals surface area contributed by atoms with Gasteiger partial charge in [-0.15, -0.1) is 11.3 Å². The van der Waals surface area contributed by atoms with Crippen LogP contribution in [-0.2, 0) is 9.05 Å². The van der Waals surface area contributed by atoms with Crippen molar-refractivity contribution in [3.63, 3.8) is 0 Å². The zero-order valence-electron chi connectivity index (χ0n) is 9.88. The number of halogens is 1. The Hall–Kier alpha value is -1.37. The summed E-state index contributed by atoms with van der Waals surface area (Å²) in [6.45, 7) is 1.63. The first-order valence-electron chi connectivity index (χ1n) is 5.29. The number of carbonyl (C=O) groups excluding carboxylic acids is 1. The average Bonchev–Trinajstić information content (AvgIpc) is 2.71. The normalized spacial score (nSPS) is 11.3. The van der Waals surface area contributed by atoms with Crippen LogP contribution < -0.4 is 5.32 Å². The molecule has 1 N–H and O–H groups in total. The summed E-state index contributed by atoms with van der Waals surface area (Å²) >= 11 is 0.938. The van der Waals surface area contributed by atoms with Crippen LogP contribution in [0.15, 0.2) is 40.6 Å². The molecule has 0 saturated heterocycles. The highest BCUT2D eigenvalue weighted by molar-refractivity contribution is 8.15. The zero-order valence-corrected chi connectivity index (χ0v) is 12.3. The second-order valence-electron chi connectivity index (χ2n) is 3.84. The maximum atomic E-state index is 11.9. The molecule has 1 heterocycles. The molecule has 100 valence electrons. The molecule has 0 bridgehead atoms. The lowest BCUT2D eigenvalue weighted by Crippen LogP contribution is -2.10. The minimum atomic E-state index is -3.77. The monoisotopic (exact) mass is 315 g/mol. The van der Waals surface area contributed by atoms with Crippen LogP contribution in [0.5, 0.6) is 0 Å². The third-order valence-electron chi connectivity index (χ3n) is 2.37. The van der Waals surface area contributed by atoms with Crippen LogP contribution in [0, 0.1) is 6.92 Å². The summed E-state index contributed by atoms with van der Waals surface area (Å²) in [5, 5.41) is 3.10. The van der Waals surface area contributed by atoms with E-state index in [1.54, 1.807) is 37.3 Å². The Bertz CT molecular complexity index is 708. The standard InChI is InChI=1S/C12H10ClNO3S2/c1-8-7-10(18-12(8)19(13,16)17)14-11(15)9-5-3-2-4-6-9/h2-7H,1H3,(H,14,15). The molecular weight excluding hydrogens is 306 g/mol. The fourth-order valence-electron chi connectivity index (χ4n) is 1.54. The number of aryl methyl sites for hydroxylation is 1. The molecular formula is C12H10ClNO3S2. The van der Waals surface area contributed by atoms with Gasteiger partial charge in [-0.05, 0) is 30.7 Å². The molecule has 1 amide bonds. The smallest absolute Gasteiger partial charge is 0.271 e. The fraction of sp³-hybridized carbons (Fsp3) is 0.0833.